The van der Waals surface area contributed by atoms with Crippen molar-refractivity contribution in [3.8, 4) is 0 Å². The molecule has 12 aliphatic carbocycles. The van der Waals surface area contributed by atoms with Crippen molar-refractivity contribution in [1.29, 1.82) is 0 Å². The number of ether oxygens (including phenoxy) is 4. The van der Waals surface area contributed by atoms with Gasteiger partial charge in [-0.25, -0.2) is 0 Å². The van der Waals surface area contributed by atoms with Gasteiger partial charge in [0.05, 0.1) is 0 Å². The third-order valence-corrected chi connectivity index (χ3v) is 23.1. The highest BCUT2D eigenvalue weighted by Crippen LogP contribution is 2.65. The Kier molecular flexibility index (Phi) is 15.0. The summed E-state index contributed by atoms with van der Waals surface area (Å²) >= 11 is 3.88. The minimum Gasteiger partial charge on any atom is -0.462 e. The van der Waals surface area contributed by atoms with Gasteiger partial charge in [0.15, 0.2) is 11.6 Å². The molecule has 10 nitrogen and oxygen atoms in total. The van der Waals surface area contributed by atoms with Crippen LogP contribution in [0.5, 0.6) is 0 Å². The number of carbonyl (C=O) groups excluding carboxylic acids is 6. The maximum atomic E-state index is 11.9. The first kappa shape index (κ1) is 52.8. The number of hydrogen-bond acceptors (Lipinski definition) is 10. The summed E-state index contributed by atoms with van der Waals surface area (Å²) in [5.74, 6) is 8.56. The molecule has 0 aromatic carbocycles. The van der Waals surface area contributed by atoms with E-state index in [1.165, 1.54) is 76.5 Å². The largest absolute Gasteiger partial charge is 0.462 e. The molecule has 0 radical (unpaired) electrons. The summed E-state index contributed by atoms with van der Waals surface area (Å²) in [6, 6.07) is 0. The number of ketones is 2. The summed E-state index contributed by atoms with van der Waals surface area (Å²) in [4.78, 5) is 69.6. The molecule has 11 heteroatoms. The van der Waals surface area contributed by atoms with Crippen LogP contribution >= 0.6 is 15.9 Å². The van der Waals surface area contributed by atoms with Gasteiger partial charge in [0.2, 0.25) is 0 Å². The summed E-state index contributed by atoms with van der Waals surface area (Å²) in [6.45, 7) is 13.1. The highest BCUT2D eigenvalue weighted by molar-refractivity contribution is 9.09. The van der Waals surface area contributed by atoms with E-state index in [4.69, 9.17) is 18.9 Å². The third kappa shape index (κ3) is 9.92. The lowest BCUT2D eigenvalue weighted by atomic mass is 9.52. The van der Waals surface area contributed by atoms with Crippen molar-refractivity contribution in [2.45, 2.75) is 200 Å². The second kappa shape index (κ2) is 20.7. The lowest BCUT2D eigenvalue weighted by Crippen LogP contribution is -2.50. The van der Waals surface area contributed by atoms with Gasteiger partial charge in [0.25, 0.3) is 0 Å². The highest BCUT2D eigenvalue weighted by Gasteiger charge is 2.60. The summed E-state index contributed by atoms with van der Waals surface area (Å²) in [5.41, 5.74) is 4.43. The van der Waals surface area contributed by atoms with Crippen LogP contribution in [0.2, 0.25) is 0 Å². The predicted molar refractivity (Wildman–Crippen MR) is 281 cm³/mol. The minimum atomic E-state index is -0.222. The number of halogens is 1. The first-order valence-electron chi connectivity index (χ1n) is 28.7. The van der Waals surface area contributed by atoms with E-state index in [9.17, 15) is 28.8 Å². The summed E-state index contributed by atoms with van der Waals surface area (Å²) in [6.07, 6.45) is 34.5. The zero-order valence-corrected chi connectivity index (χ0v) is 46.4. The van der Waals surface area contributed by atoms with Gasteiger partial charge in [-0.1, -0.05) is 54.9 Å². The maximum absolute atomic E-state index is 11.9. The molecule has 19 atom stereocenters. The van der Waals surface area contributed by atoms with Crippen molar-refractivity contribution in [1.82, 2.24) is 0 Å². The van der Waals surface area contributed by atoms with E-state index in [1.54, 1.807) is 0 Å². The standard InChI is InChI=1S/C22H30O4.C20H27BrO3.C20H26O3/c1-13(23)25-16-5-7-17-15(12-16)4-6-19-18(17)10-11-22(3)20(19)8-9-21(22)26-14(2)24;1-11(22)24-19-6-5-17-15-10-18(21)16-9-12(23)3-4-13(16)14(15)7-8-20(17,19)2;1-12(21)23-19-8-7-18-17-5-3-13-11-14(22)4-6-15(13)16(17)9-10-20(18,19)2/h4,12,17-21H,5-11H2,1-3H3;9,13-15,17-19H,3-8,10H2,1-2H3;3,5,11,15-19H,4,6-10H2,1-2H3/t17?,18?,19?,20?,21-,22-;13?,14?,15?,17?,18?,19-,20-;15?,16?,17?,18?,19-,20-/m000/s1. The molecule has 398 valence electrons. The van der Waals surface area contributed by atoms with Crippen LogP contribution in [0.1, 0.15) is 177 Å². The zero-order chi connectivity index (χ0) is 51.7. The van der Waals surface area contributed by atoms with E-state index in [0.717, 1.165) is 102 Å². The Bertz CT molecular complexity index is 2390. The van der Waals surface area contributed by atoms with Gasteiger partial charge >= 0.3 is 23.9 Å². The summed E-state index contributed by atoms with van der Waals surface area (Å²) in [5, 5.41) is 0. The molecule has 0 heterocycles. The summed E-state index contributed by atoms with van der Waals surface area (Å²) < 4.78 is 22.4. The molecule has 0 N–H and O–H groups in total. The molecule has 7 saturated carbocycles. The van der Waals surface area contributed by atoms with E-state index >= 15 is 0 Å². The highest BCUT2D eigenvalue weighted by atomic mass is 79.9. The molecule has 0 bridgehead atoms. The fourth-order valence-electron chi connectivity index (χ4n) is 19.0. The molecule has 0 saturated heterocycles. The Balaban J connectivity index is 0.000000126. The molecule has 0 amide bonds. The maximum Gasteiger partial charge on any atom is 0.307 e. The van der Waals surface area contributed by atoms with E-state index in [2.05, 4.69) is 61.0 Å². The molecular formula is C62H83BrO10. The van der Waals surface area contributed by atoms with Gasteiger partial charge in [-0.2, -0.15) is 0 Å². The third-order valence-electron chi connectivity index (χ3n) is 22.2. The van der Waals surface area contributed by atoms with Crippen LogP contribution in [0.3, 0.4) is 0 Å². The molecule has 12 aliphatic rings. The number of esters is 4. The van der Waals surface area contributed by atoms with Crippen molar-refractivity contribution >= 4 is 51.4 Å². The number of allylic oxidation sites excluding steroid dienone is 9. The van der Waals surface area contributed by atoms with Crippen LogP contribution in [-0.4, -0.2) is 58.6 Å². The number of alkyl halides is 1. The Hall–Kier alpha value is -3.60. The molecule has 0 spiro atoms. The Morgan fingerprint density at radius 2 is 1.01 bits per heavy atom. The molecule has 0 aliphatic heterocycles. The number of rotatable bonds is 4. The number of carbonyl (C=O) groups is 6. The lowest BCUT2D eigenvalue weighted by Gasteiger charge is -2.54. The van der Waals surface area contributed by atoms with E-state index in [-0.39, 0.29) is 64.2 Å². The van der Waals surface area contributed by atoms with Crippen molar-refractivity contribution in [3.63, 3.8) is 0 Å². The average Bonchev–Trinajstić information content (AvgIpc) is 3.97. The van der Waals surface area contributed by atoms with E-state index in [1.807, 2.05) is 12.2 Å². The van der Waals surface area contributed by atoms with Gasteiger partial charge in [0, 0.05) is 68.0 Å². The molecular weight excluding hydrogens is 985 g/mol. The Morgan fingerprint density at radius 3 is 1.60 bits per heavy atom. The first-order valence-corrected chi connectivity index (χ1v) is 29.6. The smallest absolute Gasteiger partial charge is 0.307 e. The van der Waals surface area contributed by atoms with Crippen LogP contribution in [0.4, 0.5) is 0 Å². The van der Waals surface area contributed by atoms with Crippen LogP contribution in [0.15, 0.2) is 58.9 Å². The SMILES string of the molecule is CC(=O)OC1=CC2=CCC3C(CC[C@@]4(C)C3CC[C@@H]4OC(C)=O)C2CC1.CC(=O)O[C@H]1CCC2C3C=CC4=CC(=O)CCC4C3CC[C@@]21C.CC(=O)O[C@H]1CCC2C3CC(Br)C4=CC(=O)CCC4C3CC[C@@]21C. The molecule has 0 aromatic heterocycles. The second-order valence-electron chi connectivity index (χ2n) is 25.7. The molecule has 7 fully saturated rings. The summed E-state index contributed by atoms with van der Waals surface area (Å²) in [7, 11) is 0. The van der Waals surface area contributed by atoms with Crippen molar-refractivity contribution < 1.29 is 47.7 Å². The normalized spacial score (nSPS) is 44.3. The number of hydrogen-bond donors (Lipinski definition) is 0. The lowest BCUT2D eigenvalue weighted by molar-refractivity contribution is -0.156. The van der Waals surface area contributed by atoms with Crippen molar-refractivity contribution in [3.05, 3.63) is 58.9 Å². The molecule has 73 heavy (non-hydrogen) atoms. The van der Waals surface area contributed by atoms with Crippen LogP contribution < -0.4 is 0 Å². The fourth-order valence-corrected chi connectivity index (χ4v) is 19.9. The van der Waals surface area contributed by atoms with Crippen LogP contribution in [0.25, 0.3) is 0 Å². The Labute approximate surface area is 443 Å². The zero-order valence-electron chi connectivity index (χ0n) is 44.8. The monoisotopic (exact) mass is 1070 g/mol. The van der Waals surface area contributed by atoms with Crippen molar-refractivity contribution in [2.24, 2.45) is 87.3 Å². The van der Waals surface area contributed by atoms with Crippen LogP contribution in [-0.2, 0) is 47.7 Å². The Morgan fingerprint density at radius 1 is 0.521 bits per heavy atom. The fraction of sp³-hybridized carbons (Fsp3) is 0.742. The quantitative estimate of drug-likeness (QED) is 0.152. The van der Waals surface area contributed by atoms with Gasteiger partial charge in [-0.15, -0.1) is 0 Å². The topological polar surface area (TPSA) is 139 Å². The van der Waals surface area contributed by atoms with Crippen molar-refractivity contribution in [2.75, 3.05) is 0 Å². The molecule has 0 aromatic rings. The molecule has 12 rings (SSSR count). The van der Waals surface area contributed by atoms with Gasteiger partial charge < -0.3 is 18.9 Å². The number of fused-ring (bicyclic) bond motifs is 15. The second-order valence-corrected chi connectivity index (χ2v) is 26.8. The predicted octanol–water partition coefficient (Wildman–Crippen LogP) is 12.8. The van der Waals surface area contributed by atoms with E-state index in [0.29, 0.717) is 82.1 Å². The first-order chi connectivity index (χ1) is 34.8. The van der Waals surface area contributed by atoms with Gasteiger partial charge in [-0.3, -0.25) is 28.8 Å². The van der Waals surface area contributed by atoms with Gasteiger partial charge in [-0.05, 0) is 215 Å². The average molecular weight is 1070 g/mol. The molecule has 13 unspecified atom stereocenters. The van der Waals surface area contributed by atoms with Crippen LogP contribution in [0, 0.1) is 87.3 Å². The van der Waals surface area contributed by atoms with Gasteiger partial charge in [0.1, 0.15) is 24.1 Å². The van der Waals surface area contributed by atoms with E-state index < -0.39 is 0 Å². The minimum absolute atomic E-state index is 0.0872.